The van der Waals surface area contributed by atoms with Crippen molar-refractivity contribution in [1.82, 2.24) is 4.90 Å². The highest BCUT2D eigenvalue weighted by atomic mass is 16.3. The van der Waals surface area contributed by atoms with Crippen molar-refractivity contribution in [2.45, 2.75) is 20.8 Å². The van der Waals surface area contributed by atoms with E-state index in [0.29, 0.717) is 12.3 Å². The fourth-order valence-electron chi connectivity index (χ4n) is 1.63. The van der Waals surface area contributed by atoms with Crippen LogP contribution in [-0.4, -0.2) is 30.8 Å². The Kier molecular flexibility index (Phi) is 3.69. The molecule has 3 heteroatoms. The van der Waals surface area contributed by atoms with Gasteiger partial charge in [0.25, 0.3) is 0 Å². The molecule has 15 heavy (non-hydrogen) atoms. The number of Topliss-reactive ketones (excluding diaryl/α,β-unsaturated/α-hetero) is 1. The summed E-state index contributed by atoms with van der Waals surface area (Å²) in [5, 5.41) is 0. The van der Waals surface area contributed by atoms with Gasteiger partial charge in [0.15, 0.2) is 5.76 Å². The third-order valence-corrected chi connectivity index (χ3v) is 1.95. The molecular weight excluding hydrogens is 190 g/mol. The summed E-state index contributed by atoms with van der Waals surface area (Å²) < 4.78 is 5.05. The molecule has 1 aromatic rings. The molecule has 1 rings (SSSR count). The zero-order valence-electron chi connectivity index (χ0n) is 9.91. The van der Waals surface area contributed by atoms with Crippen LogP contribution in [0.15, 0.2) is 22.8 Å². The Morgan fingerprint density at radius 2 is 2.13 bits per heavy atom. The average molecular weight is 209 g/mol. The van der Waals surface area contributed by atoms with Crippen LogP contribution in [0.25, 0.3) is 0 Å². The number of ketones is 1. The van der Waals surface area contributed by atoms with Crippen LogP contribution in [0.4, 0.5) is 0 Å². The number of nitrogens with zero attached hydrogens (tertiary/aromatic N) is 1. The SMILES string of the molecule is CN(CC(=O)c1ccco1)CC(C)(C)C. The standard InChI is InChI=1S/C12H19NO2/c1-12(2,3)9-13(4)8-10(14)11-6-5-7-15-11/h5-7H,8-9H2,1-4H3. The molecule has 0 saturated carbocycles. The number of hydrogen-bond donors (Lipinski definition) is 0. The number of carbonyl (C=O) groups excluding carboxylic acids is 1. The zero-order valence-corrected chi connectivity index (χ0v) is 9.91. The molecule has 0 saturated heterocycles. The Labute approximate surface area is 91.1 Å². The first-order valence-electron chi connectivity index (χ1n) is 5.14. The van der Waals surface area contributed by atoms with Crippen molar-refractivity contribution < 1.29 is 9.21 Å². The van der Waals surface area contributed by atoms with Gasteiger partial charge in [-0.3, -0.25) is 9.69 Å². The summed E-state index contributed by atoms with van der Waals surface area (Å²) in [4.78, 5) is 13.7. The van der Waals surface area contributed by atoms with Gasteiger partial charge < -0.3 is 4.42 Å². The van der Waals surface area contributed by atoms with E-state index >= 15 is 0 Å². The van der Waals surface area contributed by atoms with E-state index < -0.39 is 0 Å². The monoisotopic (exact) mass is 209 g/mol. The molecule has 0 aliphatic heterocycles. The number of carbonyl (C=O) groups is 1. The van der Waals surface area contributed by atoms with Crippen LogP contribution in [0.1, 0.15) is 31.3 Å². The highest BCUT2D eigenvalue weighted by molar-refractivity contribution is 5.94. The van der Waals surface area contributed by atoms with Crippen molar-refractivity contribution in [3.8, 4) is 0 Å². The van der Waals surface area contributed by atoms with Gasteiger partial charge in [-0.25, -0.2) is 0 Å². The van der Waals surface area contributed by atoms with Crippen LogP contribution >= 0.6 is 0 Å². The summed E-state index contributed by atoms with van der Waals surface area (Å²) in [6.45, 7) is 7.76. The highest BCUT2D eigenvalue weighted by Gasteiger charge is 2.17. The highest BCUT2D eigenvalue weighted by Crippen LogP contribution is 2.14. The number of furan rings is 1. The van der Waals surface area contributed by atoms with E-state index in [9.17, 15) is 4.79 Å². The summed E-state index contributed by atoms with van der Waals surface area (Å²) in [5.74, 6) is 0.475. The largest absolute Gasteiger partial charge is 0.461 e. The third kappa shape index (κ3) is 4.30. The van der Waals surface area contributed by atoms with Gasteiger partial charge in [0.2, 0.25) is 5.78 Å². The van der Waals surface area contributed by atoms with Gasteiger partial charge in [-0.2, -0.15) is 0 Å². The van der Waals surface area contributed by atoms with Crippen LogP contribution in [-0.2, 0) is 0 Å². The van der Waals surface area contributed by atoms with Gasteiger partial charge in [-0.15, -0.1) is 0 Å². The maximum absolute atomic E-state index is 11.7. The van der Waals surface area contributed by atoms with Gasteiger partial charge in [-0.05, 0) is 24.6 Å². The predicted molar refractivity (Wildman–Crippen MR) is 60.0 cm³/mol. The molecule has 1 heterocycles. The molecule has 1 aromatic heterocycles. The lowest BCUT2D eigenvalue weighted by molar-refractivity contribution is 0.0899. The first-order chi connectivity index (χ1) is 6.88. The molecule has 84 valence electrons. The molecule has 0 unspecified atom stereocenters. The van der Waals surface area contributed by atoms with E-state index in [2.05, 4.69) is 20.8 Å². The fraction of sp³-hybridized carbons (Fsp3) is 0.583. The topological polar surface area (TPSA) is 33.5 Å². The van der Waals surface area contributed by atoms with Crippen LogP contribution in [0.3, 0.4) is 0 Å². The first-order valence-corrected chi connectivity index (χ1v) is 5.14. The van der Waals surface area contributed by atoms with Crippen LogP contribution < -0.4 is 0 Å². The Morgan fingerprint density at radius 3 is 2.60 bits per heavy atom. The normalized spacial score (nSPS) is 12.1. The van der Waals surface area contributed by atoms with E-state index in [1.165, 1.54) is 6.26 Å². The number of hydrogen-bond acceptors (Lipinski definition) is 3. The van der Waals surface area contributed by atoms with E-state index in [1.807, 2.05) is 11.9 Å². The first kappa shape index (κ1) is 12.0. The van der Waals surface area contributed by atoms with Gasteiger partial charge in [0, 0.05) is 6.54 Å². The van der Waals surface area contributed by atoms with E-state index in [0.717, 1.165) is 6.54 Å². The van der Waals surface area contributed by atoms with Crippen molar-refractivity contribution in [3.63, 3.8) is 0 Å². The van der Waals surface area contributed by atoms with Crippen molar-refractivity contribution in [1.29, 1.82) is 0 Å². The van der Waals surface area contributed by atoms with Gasteiger partial charge >= 0.3 is 0 Å². The molecule has 0 atom stereocenters. The van der Waals surface area contributed by atoms with Crippen LogP contribution in [0.5, 0.6) is 0 Å². The Bertz CT molecular complexity index is 309. The zero-order chi connectivity index (χ0) is 11.5. The maximum atomic E-state index is 11.7. The summed E-state index contributed by atoms with van der Waals surface area (Å²) in [5.41, 5.74) is 0.207. The van der Waals surface area contributed by atoms with Crippen LogP contribution in [0.2, 0.25) is 0 Å². The lowest BCUT2D eigenvalue weighted by Gasteiger charge is -2.25. The predicted octanol–water partition coefficient (Wildman–Crippen LogP) is 2.44. The Balaban J connectivity index is 2.45. The quantitative estimate of drug-likeness (QED) is 0.714. The second-order valence-corrected chi connectivity index (χ2v) is 5.13. The Hall–Kier alpha value is -1.09. The van der Waals surface area contributed by atoms with E-state index in [1.54, 1.807) is 12.1 Å². The molecule has 0 amide bonds. The lowest BCUT2D eigenvalue weighted by atomic mass is 9.96. The van der Waals surface area contributed by atoms with Crippen molar-refractivity contribution in [2.75, 3.05) is 20.1 Å². The molecular formula is C12H19NO2. The van der Waals surface area contributed by atoms with Gasteiger partial charge in [-0.1, -0.05) is 20.8 Å². The lowest BCUT2D eigenvalue weighted by Crippen LogP contribution is -2.33. The summed E-state index contributed by atoms with van der Waals surface area (Å²) in [6.07, 6.45) is 1.52. The minimum atomic E-state index is 0.0340. The molecule has 0 radical (unpaired) electrons. The summed E-state index contributed by atoms with van der Waals surface area (Å²) in [7, 11) is 1.95. The second-order valence-electron chi connectivity index (χ2n) is 5.13. The number of likely N-dealkylation sites (N-methyl/N-ethyl adjacent to an activating group) is 1. The minimum absolute atomic E-state index is 0.0340. The van der Waals surface area contributed by atoms with Crippen LogP contribution in [0, 0.1) is 5.41 Å². The molecule has 0 N–H and O–H groups in total. The summed E-state index contributed by atoms with van der Waals surface area (Å²) in [6, 6.07) is 3.43. The number of rotatable bonds is 4. The Morgan fingerprint density at radius 1 is 1.47 bits per heavy atom. The van der Waals surface area contributed by atoms with Crippen molar-refractivity contribution in [2.24, 2.45) is 5.41 Å². The van der Waals surface area contributed by atoms with Crippen molar-refractivity contribution >= 4 is 5.78 Å². The van der Waals surface area contributed by atoms with Gasteiger partial charge in [0.05, 0.1) is 12.8 Å². The fourth-order valence-corrected chi connectivity index (χ4v) is 1.63. The minimum Gasteiger partial charge on any atom is -0.461 e. The van der Waals surface area contributed by atoms with Gasteiger partial charge in [0.1, 0.15) is 0 Å². The van der Waals surface area contributed by atoms with E-state index in [4.69, 9.17) is 4.42 Å². The molecule has 0 aromatic carbocycles. The molecule has 0 aliphatic rings. The molecule has 0 bridgehead atoms. The van der Waals surface area contributed by atoms with E-state index in [-0.39, 0.29) is 11.2 Å². The maximum Gasteiger partial charge on any atom is 0.211 e. The van der Waals surface area contributed by atoms with Crippen molar-refractivity contribution in [3.05, 3.63) is 24.2 Å². The average Bonchev–Trinajstić information content (AvgIpc) is 2.50. The third-order valence-electron chi connectivity index (χ3n) is 1.95. The smallest absolute Gasteiger partial charge is 0.211 e. The second kappa shape index (κ2) is 4.62. The molecule has 0 spiro atoms. The molecule has 0 aliphatic carbocycles. The molecule has 0 fully saturated rings. The summed E-state index contributed by atoms with van der Waals surface area (Å²) >= 11 is 0. The molecule has 3 nitrogen and oxygen atoms in total.